The molecule has 1 aliphatic carbocycles. The van der Waals surface area contributed by atoms with Crippen LogP contribution in [0.2, 0.25) is 0 Å². The summed E-state index contributed by atoms with van der Waals surface area (Å²) in [6.07, 6.45) is 7.01. The fourth-order valence-electron chi connectivity index (χ4n) is 2.63. The Hall–Kier alpha value is -1.94. The largest absolute Gasteiger partial charge is 0.371 e. The Morgan fingerprint density at radius 1 is 1.15 bits per heavy atom. The summed E-state index contributed by atoms with van der Waals surface area (Å²) in [5.41, 5.74) is 1.22. The van der Waals surface area contributed by atoms with Crippen molar-refractivity contribution in [1.82, 2.24) is 9.97 Å². The third-order valence-corrected chi connectivity index (χ3v) is 3.67. The molecule has 0 radical (unpaired) electrons. The highest BCUT2D eigenvalue weighted by atomic mass is 16.5. The molecule has 1 aliphatic rings. The first-order valence-electron chi connectivity index (χ1n) is 7.10. The fourth-order valence-corrected chi connectivity index (χ4v) is 2.63. The summed E-state index contributed by atoms with van der Waals surface area (Å²) in [7, 11) is 0. The summed E-state index contributed by atoms with van der Waals surface area (Å²) in [6, 6.07) is 12.6. The van der Waals surface area contributed by atoms with E-state index in [2.05, 4.69) is 27.4 Å². The van der Waals surface area contributed by atoms with E-state index in [0.29, 0.717) is 12.6 Å². The van der Waals surface area contributed by atoms with E-state index in [1.807, 2.05) is 24.3 Å². The zero-order valence-corrected chi connectivity index (χ0v) is 11.4. The van der Waals surface area contributed by atoms with Crippen molar-refractivity contribution < 1.29 is 4.74 Å². The second-order valence-corrected chi connectivity index (χ2v) is 5.11. The van der Waals surface area contributed by atoms with Gasteiger partial charge in [0.25, 0.3) is 0 Å². The van der Waals surface area contributed by atoms with E-state index >= 15 is 0 Å². The molecule has 0 amide bonds. The van der Waals surface area contributed by atoms with Crippen molar-refractivity contribution >= 4 is 5.82 Å². The Labute approximate surface area is 119 Å². The molecule has 4 heteroatoms. The quantitative estimate of drug-likeness (QED) is 0.906. The number of hydrogen-bond acceptors (Lipinski definition) is 4. The molecule has 0 aliphatic heterocycles. The van der Waals surface area contributed by atoms with E-state index in [4.69, 9.17) is 4.74 Å². The van der Waals surface area contributed by atoms with Crippen LogP contribution >= 0.6 is 0 Å². The maximum atomic E-state index is 6.07. The second-order valence-electron chi connectivity index (χ2n) is 5.11. The standard InChI is InChI=1S/C16H19N3O/c1-2-5-13(6-3-1)11-20-15-8-4-7-14(15)19-16-9-10-17-12-18-16/h1-3,5-6,9-10,12,14-15H,4,7-8,11H2,(H,17,18,19)/t14-,15-/m1/s1. The molecule has 3 rings (SSSR count). The monoisotopic (exact) mass is 269 g/mol. The summed E-state index contributed by atoms with van der Waals surface area (Å²) in [5, 5.41) is 3.45. The van der Waals surface area contributed by atoms with Crippen molar-refractivity contribution in [1.29, 1.82) is 0 Å². The zero-order chi connectivity index (χ0) is 13.6. The normalized spacial score (nSPS) is 21.8. The van der Waals surface area contributed by atoms with Crippen LogP contribution in [0, 0.1) is 0 Å². The van der Waals surface area contributed by atoms with E-state index < -0.39 is 0 Å². The van der Waals surface area contributed by atoms with Gasteiger partial charge >= 0.3 is 0 Å². The smallest absolute Gasteiger partial charge is 0.129 e. The third-order valence-electron chi connectivity index (χ3n) is 3.67. The number of rotatable bonds is 5. The zero-order valence-electron chi connectivity index (χ0n) is 11.4. The van der Waals surface area contributed by atoms with Gasteiger partial charge in [-0.3, -0.25) is 0 Å². The van der Waals surface area contributed by atoms with Gasteiger partial charge in [-0.2, -0.15) is 0 Å². The Bertz CT molecular complexity index is 518. The number of ether oxygens (including phenoxy) is 1. The third kappa shape index (κ3) is 3.33. The summed E-state index contributed by atoms with van der Waals surface area (Å²) in [6.45, 7) is 0.674. The highest BCUT2D eigenvalue weighted by molar-refractivity contribution is 5.33. The number of aromatic nitrogens is 2. The molecule has 1 aromatic carbocycles. The van der Waals surface area contributed by atoms with Gasteiger partial charge in [0, 0.05) is 6.20 Å². The molecule has 104 valence electrons. The van der Waals surface area contributed by atoms with E-state index in [1.54, 1.807) is 12.5 Å². The Kier molecular flexibility index (Phi) is 4.23. The number of anilines is 1. The molecule has 4 nitrogen and oxygen atoms in total. The second kappa shape index (κ2) is 6.48. The van der Waals surface area contributed by atoms with Crippen LogP contribution < -0.4 is 5.32 Å². The molecule has 20 heavy (non-hydrogen) atoms. The van der Waals surface area contributed by atoms with Crippen LogP contribution in [-0.2, 0) is 11.3 Å². The number of nitrogens with zero attached hydrogens (tertiary/aromatic N) is 2. The van der Waals surface area contributed by atoms with Crippen LogP contribution in [0.3, 0.4) is 0 Å². The highest BCUT2D eigenvalue weighted by Crippen LogP contribution is 2.25. The van der Waals surface area contributed by atoms with Crippen molar-refractivity contribution in [2.45, 2.75) is 38.0 Å². The van der Waals surface area contributed by atoms with Gasteiger partial charge in [0.15, 0.2) is 0 Å². The van der Waals surface area contributed by atoms with Crippen LogP contribution in [0.4, 0.5) is 5.82 Å². The predicted octanol–water partition coefficient (Wildman–Crippen LogP) is 3.03. The van der Waals surface area contributed by atoms with Crippen molar-refractivity contribution in [3.05, 3.63) is 54.5 Å². The number of hydrogen-bond donors (Lipinski definition) is 1. The van der Waals surface area contributed by atoms with Crippen molar-refractivity contribution in [2.24, 2.45) is 0 Å². The number of benzene rings is 1. The minimum Gasteiger partial charge on any atom is -0.371 e. The first-order chi connectivity index (χ1) is 9.92. The van der Waals surface area contributed by atoms with E-state index in [0.717, 1.165) is 18.7 Å². The molecule has 1 saturated carbocycles. The molecule has 0 saturated heterocycles. The first-order valence-corrected chi connectivity index (χ1v) is 7.10. The van der Waals surface area contributed by atoms with E-state index in [1.165, 1.54) is 12.0 Å². The lowest BCUT2D eigenvalue weighted by Crippen LogP contribution is -2.30. The van der Waals surface area contributed by atoms with E-state index in [9.17, 15) is 0 Å². The lowest BCUT2D eigenvalue weighted by atomic mass is 10.2. The van der Waals surface area contributed by atoms with Crippen LogP contribution in [0.1, 0.15) is 24.8 Å². The summed E-state index contributed by atoms with van der Waals surface area (Å²) in [5.74, 6) is 0.875. The molecule has 0 bridgehead atoms. The van der Waals surface area contributed by atoms with Gasteiger partial charge in [0.1, 0.15) is 12.1 Å². The maximum Gasteiger partial charge on any atom is 0.129 e. The molecule has 2 atom stereocenters. The van der Waals surface area contributed by atoms with Gasteiger partial charge in [-0.25, -0.2) is 9.97 Å². The van der Waals surface area contributed by atoms with E-state index in [-0.39, 0.29) is 6.10 Å². The van der Waals surface area contributed by atoms with Crippen LogP contribution in [-0.4, -0.2) is 22.1 Å². The minimum atomic E-state index is 0.255. The fraction of sp³-hybridized carbons (Fsp3) is 0.375. The SMILES string of the molecule is c1ccc(CO[C@@H]2CCC[C@H]2Nc2ccncn2)cc1. The predicted molar refractivity (Wildman–Crippen MR) is 78.3 cm³/mol. The van der Waals surface area contributed by atoms with Gasteiger partial charge in [0.2, 0.25) is 0 Å². The molecular weight excluding hydrogens is 250 g/mol. The molecule has 1 heterocycles. The van der Waals surface area contributed by atoms with Gasteiger partial charge < -0.3 is 10.1 Å². The molecule has 1 fully saturated rings. The molecule has 1 aromatic heterocycles. The number of nitrogens with one attached hydrogen (secondary N) is 1. The molecule has 1 N–H and O–H groups in total. The molecular formula is C16H19N3O. The summed E-state index contributed by atoms with van der Waals surface area (Å²) < 4.78 is 6.07. The first kappa shape index (κ1) is 13.1. The average Bonchev–Trinajstić information content (AvgIpc) is 2.94. The lowest BCUT2D eigenvalue weighted by molar-refractivity contribution is 0.0394. The Morgan fingerprint density at radius 2 is 2.05 bits per heavy atom. The van der Waals surface area contributed by atoms with Gasteiger partial charge in [-0.05, 0) is 30.9 Å². The minimum absolute atomic E-state index is 0.255. The van der Waals surface area contributed by atoms with Crippen molar-refractivity contribution in [2.75, 3.05) is 5.32 Å². The van der Waals surface area contributed by atoms with Crippen LogP contribution in [0.15, 0.2) is 48.9 Å². The molecule has 0 unspecified atom stereocenters. The van der Waals surface area contributed by atoms with Gasteiger partial charge in [-0.1, -0.05) is 30.3 Å². The summed E-state index contributed by atoms with van der Waals surface area (Å²) >= 11 is 0. The summed E-state index contributed by atoms with van der Waals surface area (Å²) in [4.78, 5) is 8.15. The lowest BCUT2D eigenvalue weighted by Gasteiger charge is -2.22. The van der Waals surface area contributed by atoms with Crippen LogP contribution in [0.25, 0.3) is 0 Å². The topological polar surface area (TPSA) is 47.0 Å². The average molecular weight is 269 g/mol. The molecule has 2 aromatic rings. The molecule has 0 spiro atoms. The van der Waals surface area contributed by atoms with Gasteiger partial charge in [-0.15, -0.1) is 0 Å². The Morgan fingerprint density at radius 3 is 2.85 bits per heavy atom. The van der Waals surface area contributed by atoms with Gasteiger partial charge in [0.05, 0.1) is 18.8 Å². The Balaban J connectivity index is 1.56. The van der Waals surface area contributed by atoms with Crippen molar-refractivity contribution in [3.63, 3.8) is 0 Å². The maximum absolute atomic E-state index is 6.07. The highest BCUT2D eigenvalue weighted by Gasteiger charge is 2.28. The van der Waals surface area contributed by atoms with Crippen molar-refractivity contribution in [3.8, 4) is 0 Å². The van der Waals surface area contributed by atoms with Crippen LogP contribution in [0.5, 0.6) is 0 Å².